The van der Waals surface area contributed by atoms with Gasteiger partial charge in [-0.25, -0.2) is 9.37 Å². The van der Waals surface area contributed by atoms with Crippen molar-refractivity contribution < 1.29 is 18.7 Å². The molecular weight excluding hydrogens is 383 g/mol. The van der Waals surface area contributed by atoms with Crippen LogP contribution in [0.2, 0.25) is 0 Å². The Bertz CT molecular complexity index is 1070. The first-order valence-electron chi connectivity index (χ1n) is 8.53. The summed E-state index contributed by atoms with van der Waals surface area (Å²) < 4.78 is 25.3. The van der Waals surface area contributed by atoms with Crippen molar-refractivity contribution in [3.63, 3.8) is 0 Å². The fourth-order valence-corrected chi connectivity index (χ4v) is 3.61. The maximum Gasteiger partial charge on any atom is 0.262 e. The van der Waals surface area contributed by atoms with E-state index in [-0.39, 0.29) is 28.4 Å². The van der Waals surface area contributed by atoms with Crippen molar-refractivity contribution in [3.05, 3.63) is 64.2 Å². The van der Waals surface area contributed by atoms with Gasteiger partial charge in [-0.15, -0.1) is 0 Å². The van der Waals surface area contributed by atoms with E-state index in [0.29, 0.717) is 29.2 Å². The standard InChI is InChI=1S/C20H19FN2O4S/c1-26-10-9-23-19(25)14-5-3-4-6-16(14)22-20(23)28-12-17(24)13-7-8-18(27-2)15(21)11-13/h3-8,11H,9-10,12H2,1-2H3. The van der Waals surface area contributed by atoms with Gasteiger partial charge in [0.05, 0.1) is 36.9 Å². The summed E-state index contributed by atoms with van der Waals surface area (Å²) in [6.45, 7) is 0.659. The second kappa shape index (κ2) is 8.99. The van der Waals surface area contributed by atoms with Crippen molar-refractivity contribution in [2.75, 3.05) is 26.6 Å². The van der Waals surface area contributed by atoms with Gasteiger partial charge in [0.25, 0.3) is 5.56 Å². The maximum atomic E-state index is 13.8. The number of rotatable bonds is 8. The van der Waals surface area contributed by atoms with Crippen molar-refractivity contribution in [2.24, 2.45) is 0 Å². The highest BCUT2D eigenvalue weighted by Gasteiger charge is 2.15. The molecule has 0 radical (unpaired) electrons. The van der Waals surface area contributed by atoms with Crippen molar-refractivity contribution in [1.29, 1.82) is 0 Å². The van der Waals surface area contributed by atoms with Gasteiger partial charge in [0.2, 0.25) is 0 Å². The fourth-order valence-electron chi connectivity index (χ4n) is 2.69. The molecule has 0 fully saturated rings. The molecule has 0 aliphatic rings. The molecule has 0 N–H and O–H groups in total. The van der Waals surface area contributed by atoms with E-state index in [0.717, 1.165) is 17.8 Å². The molecule has 0 aliphatic heterocycles. The van der Waals surface area contributed by atoms with Crippen LogP contribution in [0.5, 0.6) is 5.75 Å². The smallest absolute Gasteiger partial charge is 0.262 e. The van der Waals surface area contributed by atoms with Crippen molar-refractivity contribution in [1.82, 2.24) is 9.55 Å². The number of benzene rings is 2. The summed E-state index contributed by atoms with van der Waals surface area (Å²) in [4.78, 5) is 29.8. The van der Waals surface area contributed by atoms with Crippen molar-refractivity contribution in [3.8, 4) is 5.75 Å². The highest BCUT2D eigenvalue weighted by molar-refractivity contribution is 7.99. The molecule has 0 amide bonds. The van der Waals surface area contributed by atoms with Gasteiger partial charge in [-0.05, 0) is 30.3 Å². The molecule has 1 heterocycles. The van der Waals surface area contributed by atoms with Gasteiger partial charge in [-0.2, -0.15) is 0 Å². The summed E-state index contributed by atoms with van der Waals surface area (Å²) in [5, 5.41) is 0.926. The average Bonchev–Trinajstić information content (AvgIpc) is 2.71. The number of hydrogen-bond donors (Lipinski definition) is 0. The number of thioether (sulfide) groups is 1. The third-order valence-corrected chi connectivity index (χ3v) is 5.13. The maximum absolute atomic E-state index is 13.8. The molecule has 0 aliphatic carbocycles. The minimum Gasteiger partial charge on any atom is -0.494 e. The van der Waals surface area contributed by atoms with E-state index in [1.165, 1.54) is 23.8 Å². The van der Waals surface area contributed by atoms with Gasteiger partial charge in [0.1, 0.15) is 0 Å². The van der Waals surface area contributed by atoms with Gasteiger partial charge < -0.3 is 9.47 Å². The summed E-state index contributed by atoms with van der Waals surface area (Å²) in [6, 6.07) is 11.1. The topological polar surface area (TPSA) is 70.4 Å². The Morgan fingerprint density at radius 2 is 2.00 bits per heavy atom. The zero-order valence-corrected chi connectivity index (χ0v) is 16.3. The second-order valence-corrected chi connectivity index (χ2v) is 6.86. The predicted octanol–water partition coefficient (Wildman–Crippen LogP) is 3.17. The van der Waals surface area contributed by atoms with E-state index in [1.807, 2.05) is 0 Å². The Kier molecular flexibility index (Phi) is 6.43. The van der Waals surface area contributed by atoms with E-state index in [9.17, 15) is 14.0 Å². The third kappa shape index (κ3) is 4.23. The zero-order valence-electron chi connectivity index (χ0n) is 15.5. The summed E-state index contributed by atoms with van der Waals surface area (Å²) >= 11 is 1.14. The van der Waals surface area contributed by atoms with E-state index in [4.69, 9.17) is 9.47 Å². The van der Waals surface area contributed by atoms with E-state index >= 15 is 0 Å². The quantitative estimate of drug-likeness (QED) is 0.327. The number of fused-ring (bicyclic) bond motifs is 1. The molecule has 146 valence electrons. The van der Waals surface area contributed by atoms with Crippen LogP contribution in [0, 0.1) is 5.82 Å². The van der Waals surface area contributed by atoms with Crippen LogP contribution in [0.25, 0.3) is 10.9 Å². The van der Waals surface area contributed by atoms with Crippen LogP contribution in [0.3, 0.4) is 0 Å². The molecular formula is C20H19FN2O4S. The monoisotopic (exact) mass is 402 g/mol. The molecule has 0 saturated carbocycles. The van der Waals surface area contributed by atoms with Crippen LogP contribution in [-0.2, 0) is 11.3 Å². The van der Waals surface area contributed by atoms with Gasteiger partial charge in [-0.1, -0.05) is 23.9 Å². The molecule has 1 aromatic heterocycles. The van der Waals surface area contributed by atoms with Crippen LogP contribution < -0.4 is 10.3 Å². The van der Waals surface area contributed by atoms with Gasteiger partial charge >= 0.3 is 0 Å². The number of hydrogen-bond acceptors (Lipinski definition) is 6. The number of carbonyl (C=O) groups excluding carboxylic acids is 1. The fraction of sp³-hybridized carbons (Fsp3) is 0.250. The van der Waals surface area contributed by atoms with Crippen LogP contribution in [0.4, 0.5) is 4.39 Å². The van der Waals surface area contributed by atoms with Crippen LogP contribution in [-0.4, -0.2) is 41.9 Å². The minimum absolute atomic E-state index is 0.0174. The Balaban J connectivity index is 1.87. The molecule has 28 heavy (non-hydrogen) atoms. The number of aromatic nitrogens is 2. The van der Waals surface area contributed by atoms with E-state index in [1.54, 1.807) is 31.4 Å². The summed E-state index contributed by atoms with van der Waals surface area (Å²) in [5.74, 6) is -0.774. The van der Waals surface area contributed by atoms with E-state index < -0.39 is 5.82 Å². The molecule has 6 nitrogen and oxygen atoms in total. The largest absolute Gasteiger partial charge is 0.494 e. The van der Waals surface area contributed by atoms with Crippen LogP contribution >= 0.6 is 11.8 Å². The first-order valence-corrected chi connectivity index (χ1v) is 9.51. The number of ether oxygens (including phenoxy) is 2. The second-order valence-electron chi connectivity index (χ2n) is 5.92. The molecule has 3 rings (SSSR count). The summed E-state index contributed by atoms with van der Waals surface area (Å²) in [5.41, 5.74) is 0.608. The number of methoxy groups -OCH3 is 2. The summed E-state index contributed by atoms with van der Waals surface area (Å²) in [6.07, 6.45) is 0. The number of Topliss-reactive ketones (excluding diaryl/α,β-unsaturated/α-hetero) is 1. The van der Waals surface area contributed by atoms with Crippen LogP contribution in [0.1, 0.15) is 10.4 Å². The molecule has 0 unspecified atom stereocenters. The normalized spacial score (nSPS) is 11.0. The first kappa shape index (κ1) is 20.0. The van der Waals surface area contributed by atoms with Gasteiger partial charge in [0, 0.05) is 12.7 Å². The lowest BCUT2D eigenvalue weighted by Gasteiger charge is -2.12. The molecule has 0 saturated heterocycles. The third-order valence-electron chi connectivity index (χ3n) is 4.15. The predicted molar refractivity (Wildman–Crippen MR) is 106 cm³/mol. The molecule has 2 aromatic carbocycles. The summed E-state index contributed by atoms with van der Waals surface area (Å²) in [7, 11) is 2.91. The Morgan fingerprint density at radius 1 is 1.21 bits per heavy atom. The number of para-hydroxylation sites is 1. The van der Waals surface area contributed by atoms with E-state index in [2.05, 4.69) is 4.98 Å². The number of ketones is 1. The van der Waals surface area contributed by atoms with Gasteiger partial charge in [0.15, 0.2) is 22.5 Å². The van der Waals surface area contributed by atoms with Crippen LogP contribution in [0.15, 0.2) is 52.4 Å². The highest BCUT2D eigenvalue weighted by atomic mass is 32.2. The minimum atomic E-state index is -0.598. The van der Waals surface area contributed by atoms with Gasteiger partial charge in [-0.3, -0.25) is 14.2 Å². The first-order chi connectivity index (χ1) is 13.5. The molecule has 0 atom stereocenters. The SMILES string of the molecule is COCCn1c(SCC(=O)c2ccc(OC)c(F)c2)nc2ccccc2c1=O. The molecule has 0 bridgehead atoms. The van der Waals surface area contributed by atoms with Crippen molar-refractivity contribution >= 4 is 28.4 Å². The lowest BCUT2D eigenvalue weighted by Crippen LogP contribution is -2.25. The van der Waals surface area contributed by atoms with Crippen molar-refractivity contribution in [2.45, 2.75) is 11.7 Å². The highest BCUT2D eigenvalue weighted by Crippen LogP contribution is 2.22. The number of halogens is 1. The molecule has 0 spiro atoms. The molecule has 3 aromatic rings. The zero-order chi connectivity index (χ0) is 20.1. The average molecular weight is 402 g/mol. The number of nitrogens with zero attached hydrogens (tertiary/aromatic N) is 2. The lowest BCUT2D eigenvalue weighted by atomic mass is 10.1. The Hall–Kier alpha value is -2.71. The number of carbonyl (C=O) groups is 1. The molecule has 8 heteroatoms. The Morgan fingerprint density at radius 3 is 2.71 bits per heavy atom. The Labute approximate surface area is 165 Å². The lowest BCUT2D eigenvalue weighted by molar-refractivity contribution is 0.102.